The largest absolute Gasteiger partial charge is 0.463 e. The summed E-state index contributed by atoms with van der Waals surface area (Å²) in [7, 11) is 0. The highest BCUT2D eigenvalue weighted by Crippen LogP contribution is 2.42. The molecule has 0 amide bonds. The van der Waals surface area contributed by atoms with Gasteiger partial charge in [-0.3, -0.25) is 4.79 Å². The molecule has 1 rings (SSSR count). The van der Waals surface area contributed by atoms with E-state index in [0.717, 1.165) is 5.57 Å². The van der Waals surface area contributed by atoms with Gasteiger partial charge in [-0.25, -0.2) is 4.79 Å². The minimum absolute atomic E-state index is 0.302. The van der Waals surface area contributed by atoms with Crippen molar-refractivity contribution in [2.45, 2.75) is 54.1 Å². The lowest BCUT2D eigenvalue weighted by Gasteiger charge is -2.38. The van der Waals surface area contributed by atoms with Crippen LogP contribution < -0.4 is 0 Å². The van der Waals surface area contributed by atoms with Crippen LogP contribution in [0.2, 0.25) is 0 Å². The summed E-state index contributed by atoms with van der Waals surface area (Å²) in [4.78, 5) is 23.9. The molecule has 108 valence electrons. The zero-order valence-electron chi connectivity index (χ0n) is 12.7. The normalized spacial score (nSPS) is 22.4. The molecule has 1 fully saturated rings. The van der Waals surface area contributed by atoms with E-state index in [1.165, 1.54) is 0 Å². The minimum Gasteiger partial charge on any atom is -0.463 e. The van der Waals surface area contributed by atoms with Crippen molar-refractivity contribution in [2.24, 2.45) is 10.8 Å². The molecule has 19 heavy (non-hydrogen) atoms. The predicted molar refractivity (Wildman–Crippen MR) is 72.4 cm³/mol. The lowest BCUT2D eigenvalue weighted by atomic mass is 9.67. The van der Waals surface area contributed by atoms with E-state index in [1.807, 2.05) is 47.6 Å². The average molecular weight is 268 g/mol. The number of esters is 2. The molecule has 0 N–H and O–H groups in total. The van der Waals surface area contributed by atoms with E-state index in [0.29, 0.717) is 13.0 Å². The first kappa shape index (κ1) is 15.7. The fourth-order valence-corrected chi connectivity index (χ4v) is 1.99. The van der Waals surface area contributed by atoms with Crippen LogP contribution in [0.5, 0.6) is 0 Å². The van der Waals surface area contributed by atoms with Gasteiger partial charge in [-0.1, -0.05) is 32.4 Å². The minimum atomic E-state index is -0.769. The third-order valence-corrected chi connectivity index (χ3v) is 3.70. The van der Waals surface area contributed by atoms with Crippen LogP contribution in [0.25, 0.3) is 0 Å². The van der Waals surface area contributed by atoms with Crippen molar-refractivity contribution in [1.82, 2.24) is 0 Å². The number of cyclic esters (lactones) is 1. The number of hydrogen-bond acceptors (Lipinski definition) is 4. The van der Waals surface area contributed by atoms with Crippen LogP contribution in [-0.4, -0.2) is 24.6 Å². The second kappa shape index (κ2) is 5.35. The second-order valence-corrected chi connectivity index (χ2v) is 6.52. The molecule has 1 aliphatic heterocycles. The molecule has 2 unspecified atom stereocenters. The molecular weight excluding hydrogens is 244 g/mol. The summed E-state index contributed by atoms with van der Waals surface area (Å²) in [6.45, 7) is 12.0. The molecule has 0 spiro atoms. The monoisotopic (exact) mass is 268 g/mol. The van der Waals surface area contributed by atoms with Crippen LogP contribution in [0.15, 0.2) is 11.6 Å². The fraction of sp³-hybridized carbons (Fsp3) is 0.733. The van der Waals surface area contributed by atoms with E-state index in [1.54, 1.807) is 0 Å². The van der Waals surface area contributed by atoms with E-state index in [2.05, 4.69) is 0 Å². The summed E-state index contributed by atoms with van der Waals surface area (Å²) in [6.07, 6.45) is 1.61. The number of allylic oxidation sites excluding steroid dienone is 1. The second-order valence-electron chi connectivity index (χ2n) is 6.52. The molecule has 0 aromatic carbocycles. The summed E-state index contributed by atoms with van der Waals surface area (Å²) in [5, 5.41) is 0. The van der Waals surface area contributed by atoms with Gasteiger partial charge < -0.3 is 9.47 Å². The van der Waals surface area contributed by atoms with Crippen molar-refractivity contribution in [3.8, 4) is 0 Å². The van der Waals surface area contributed by atoms with Crippen LogP contribution in [0.4, 0.5) is 0 Å². The number of rotatable bonds is 3. The standard InChI is InChI=1S/C15H24O4/c1-10(2)9-15(6,14(3,4)5)13(17)19-11-7-8-18-12(11)16/h9,11H,7-8H2,1-6H3. The average Bonchev–Trinajstić information content (AvgIpc) is 2.61. The molecule has 0 bridgehead atoms. The molecule has 0 aliphatic carbocycles. The molecule has 0 aromatic heterocycles. The van der Waals surface area contributed by atoms with Gasteiger partial charge in [0.2, 0.25) is 6.10 Å². The van der Waals surface area contributed by atoms with Gasteiger partial charge in [-0.2, -0.15) is 0 Å². The smallest absolute Gasteiger partial charge is 0.347 e. The SMILES string of the molecule is CC(C)=CC(C)(C(=O)OC1CCOC1=O)C(C)(C)C. The Morgan fingerprint density at radius 3 is 2.26 bits per heavy atom. The Morgan fingerprint density at radius 2 is 1.89 bits per heavy atom. The summed E-state index contributed by atoms with van der Waals surface area (Å²) in [5.41, 5.74) is -0.0261. The zero-order valence-corrected chi connectivity index (χ0v) is 12.7. The van der Waals surface area contributed by atoms with Crippen LogP contribution in [0.3, 0.4) is 0 Å². The van der Waals surface area contributed by atoms with Gasteiger partial charge >= 0.3 is 11.9 Å². The van der Waals surface area contributed by atoms with Crippen molar-refractivity contribution in [3.05, 3.63) is 11.6 Å². The van der Waals surface area contributed by atoms with Crippen molar-refractivity contribution in [1.29, 1.82) is 0 Å². The predicted octanol–water partition coefficient (Wildman–Crippen LogP) is 2.86. The molecule has 1 heterocycles. The third kappa shape index (κ3) is 3.37. The fourth-order valence-electron chi connectivity index (χ4n) is 1.99. The van der Waals surface area contributed by atoms with E-state index in [-0.39, 0.29) is 11.4 Å². The quantitative estimate of drug-likeness (QED) is 0.583. The molecule has 0 saturated carbocycles. The van der Waals surface area contributed by atoms with Gasteiger partial charge in [0.1, 0.15) is 0 Å². The highest BCUT2D eigenvalue weighted by Gasteiger charge is 2.46. The maximum Gasteiger partial charge on any atom is 0.347 e. The molecular formula is C15H24O4. The number of carbonyl (C=O) groups is 2. The zero-order chi connectivity index (χ0) is 14.8. The maximum absolute atomic E-state index is 12.5. The van der Waals surface area contributed by atoms with Crippen molar-refractivity contribution < 1.29 is 19.1 Å². The molecule has 0 radical (unpaired) electrons. The van der Waals surface area contributed by atoms with Gasteiger partial charge in [-0.05, 0) is 26.2 Å². The molecule has 4 nitrogen and oxygen atoms in total. The Hall–Kier alpha value is -1.32. The summed E-state index contributed by atoms with van der Waals surface area (Å²) in [6, 6.07) is 0. The van der Waals surface area contributed by atoms with Crippen LogP contribution in [0, 0.1) is 10.8 Å². The first-order chi connectivity index (χ1) is 8.58. The molecule has 0 aromatic rings. The van der Waals surface area contributed by atoms with Gasteiger partial charge in [0.25, 0.3) is 0 Å². The van der Waals surface area contributed by atoms with E-state index < -0.39 is 17.5 Å². The van der Waals surface area contributed by atoms with Crippen LogP contribution >= 0.6 is 0 Å². The Labute approximate surface area is 115 Å². The Morgan fingerprint density at radius 1 is 1.32 bits per heavy atom. The first-order valence-corrected chi connectivity index (χ1v) is 6.62. The van der Waals surface area contributed by atoms with Gasteiger partial charge in [-0.15, -0.1) is 0 Å². The van der Waals surface area contributed by atoms with Crippen molar-refractivity contribution in [2.75, 3.05) is 6.61 Å². The molecule has 4 heteroatoms. The van der Waals surface area contributed by atoms with E-state index in [4.69, 9.17) is 9.47 Å². The third-order valence-electron chi connectivity index (χ3n) is 3.70. The number of carbonyl (C=O) groups excluding carboxylic acids is 2. The topological polar surface area (TPSA) is 52.6 Å². The Balaban J connectivity index is 2.96. The van der Waals surface area contributed by atoms with E-state index >= 15 is 0 Å². The Bertz CT molecular complexity index is 399. The van der Waals surface area contributed by atoms with Crippen molar-refractivity contribution in [3.63, 3.8) is 0 Å². The van der Waals surface area contributed by atoms with Crippen LogP contribution in [-0.2, 0) is 19.1 Å². The molecule has 2 atom stereocenters. The van der Waals surface area contributed by atoms with Gasteiger partial charge in [0.05, 0.1) is 12.0 Å². The van der Waals surface area contributed by atoms with Crippen LogP contribution in [0.1, 0.15) is 48.0 Å². The summed E-state index contributed by atoms with van der Waals surface area (Å²) in [5.74, 6) is -0.813. The Kier molecular flexibility index (Phi) is 4.43. The highest BCUT2D eigenvalue weighted by atomic mass is 16.6. The first-order valence-electron chi connectivity index (χ1n) is 6.62. The lowest BCUT2D eigenvalue weighted by molar-refractivity contribution is -0.169. The lowest BCUT2D eigenvalue weighted by Crippen LogP contribution is -2.42. The molecule has 1 aliphatic rings. The van der Waals surface area contributed by atoms with Gasteiger partial charge in [0, 0.05) is 6.42 Å². The summed E-state index contributed by atoms with van der Waals surface area (Å²) < 4.78 is 10.2. The number of ether oxygens (including phenoxy) is 2. The summed E-state index contributed by atoms with van der Waals surface area (Å²) >= 11 is 0. The number of hydrogen-bond donors (Lipinski definition) is 0. The van der Waals surface area contributed by atoms with E-state index in [9.17, 15) is 9.59 Å². The van der Waals surface area contributed by atoms with Gasteiger partial charge in [0.15, 0.2) is 0 Å². The van der Waals surface area contributed by atoms with Crippen molar-refractivity contribution >= 4 is 11.9 Å². The highest BCUT2D eigenvalue weighted by molar-refractivity contribution is 5.84. The maximum atomic E-state index is 12.5. The molecule has 1 saturated heterocycles.